The van der Waals surface area contributed by atoms with E-state index in [1.807, 2.05) is 97.0 Å². The number of rotatable bonds is 11. The van der Waals surface area contributed by atoms with Crippen LogP contribution < -0.4 is 10.6 Å². The number of aryl methyl sites for hydroxylation is 2. The van der Waals surface area contributed by atoms with Gasteiger partial charge in [0.2, 0.25) is 11.8 Å². The van der Waals surface area contributed by atoms with E-state index in [1.165, 1.54) is 0 Å². The van der Waals surface area contributed by atoms with Crippen molar-refractivity contribution in [2.45, 2.75) is 112 Å². The third-order valence-corrected chi connectivity index (χ3v) is 7.08. The van der Waals surface area contributed by atoms with Gasteiger partial charge in [-0.25, -0.2) is 4.79 Å². The zero-order valence-electron chi connectivity index (χ0n) is 26.1. The van der Waals surface area contributed by atoms with Gasteiger partial charge in [0.15, 0.2) is 0 Å². The van der Waals surface area contributed by atoms with Crippen LogP contribution in [0, 0.1) is 19.8 Å². The van der Waals surface area contributed by atoms with Gasteiger partial charge < -0.3 is 20.3 Å². The van der Waals surface area contributed by atoms with Gasteiger partial charge in [-0.2, -0.15) is 0 Å². The molecule has 0 spiro atoms. The summed E-state index contributed by atoms with van der Waals surface area (Å²) in [4.78, 5) is 43.3. The van der Waals surface area contributed by atoms with E-state index in [1.54, 1.807) is 25.7 Å². The topological polar surface area (TPSA) is 87.7 Å². The smallest absolute Gasteiger partial charge is 0.408 e. The number of hydrogen-bond donors (Lipinski definition) is 2. The van der Waals surface area contributed by atoms with E-state index >= 15 is 0 Å². The molecular formula is C33H49N3O4. The quantitative estimate of drug-likeness (QED) is 0.329. The van der Waals surface area contributed by atoms with Crippen molar-refractivity contribution in [1.82, 2.24) is 15.5 Å². The van der Waals surface area contributed by atoms with Crippen LogP contribution in [-0.2, 0) is 20.9 Å². The molecule has 2 aromatic carbocycles. The number of carbonyl (C=O) groups is 3. The van der Waals surface area contributed by atoms with Gasteiger partial charge >= 0.3 is 6.09 Å². The van der Waals surface area contributed by atoms with E-state index in [2.05, 4.69) is 10.6 Å². The number of ether oxygens (including phenoxy) is 1. The molecule has 0 fully saturated rings. The zero-order valence-corrected chi connectivity index (χ0v) is 26.1. The Balaban J connectivity index is 2.64. The first kappa shape index (κ1) is 32.9. The number of benzene rings is 2. The molecule has 40 heavy (non-hydrogen) atoms. The van der Waals surface area contributed by atoms with Crippen LogP contribution in [0.4, 0.5) is 4.79 Å². The van der Waals surface area contributed by atoms with Crippen molar-refractivity contribution in [3.63, 3.8) is 0 Å². The monoisotopic (exact) mass is 551 g/mol. The number of carbonyl (C=O) groups excluding carboxylic acids is 3. The molecule has 220 valence electrons. The first-order valence-electron chi connectivity index (χ1n) is 14.3. The van der Waals surface area contributed by atoms with Crippen LogP contribution in [0.5, 0.6) is 0 Å². The molecule has 2 rings (SSSR count). The van der Waals surface area contributed by atoms with Gasteiger partial charge in [-0.15, -0.1) is 0 Å². The molecule has 0 heterocycles. The Bertz CT molecular complexity index is 1130. The molecule has 2 aromatic rings. The highest BCUT2D eigenvalue weighted by Crippen LogP contribution is 2.35. The van der Waals surface area contributed by atoms with Gasteiger partial charge in [0.25, 0.3) is 0 Å². The van der Waals surface area contributed by atoms with E-state index in [-0.39, 0.29) is 17.7 Å². The number of alkyl carbamates (subject to hydrolysis) is 1. The summed E-state index contributed by atoms with van der Waals surface area (Å²) in [7, 11) is 0. The third-order valence-electron chi connectivity index (χ3n) is 7.08. The first-order chi connectivity index (χ1) is 18.6. The average Bonchev–Trinajstić information content (AvgIpc) is 2.85. The summed E-state index contributed by atoms with van der Waals surface area (Å²) >= 11 is 0. The highest BCUT2D eigenvalue weighted by atomic mass is 16.6. The Morgan fingerprint density at radius 1 is 0.900 bits per heavy atom. The van der Waals surface area contributed by atoms with Crippen molar-refractivity contribution in [3.05, 3.63) is 70.8 Å². The summed E-state index contributed by atoms with van der Waals surface area (Å²) in [5.41, 5.74) is 2.19. The average molecular weight is 552 g/mol. The minimum atomic E-state index is -0.900. The van der Waals surface area contributed by atoms with E-state index in [9.17, 15) is 14.4 Å². The maximum atomic E-state index is 14.6. The van der Waals surface area contributed by atoms with Crippen LogP contribution in [0.2, 0.25) is 0 Å². The summed E-state index contributed by atoms with van der Waals surface area (Å²) in [6.45, 7) is 19.6. The number of hydrogen-bond acceptors (Lipinski definition) is 4. The highest BCUT2D eigenvalue weighted by Gasteiger charge is 2.44. The predicted molar refractivity (Wildman–Crippen MR) is 161 cm³/mol. The fourth-order valence-corrected chi connectivity index (χ4v) is 4.77. The molecule has 0 aliphatic carbocycles. The van der Waals surface area contributed by atoms with Crippen LogP contribution in [0.25, 0.3) is 0 Å². The zero-order chi connectivity index (χ0) is 30.3. The van der Waals surface area contributed by atoms with E-state index in [0.29, 0.717) is 19.4 Å². The van der Waals surface area contributed by atoms with Crippen molar-refractivity contribution in [2.24, 2.45) is 5.92 Å². The Labute approximate surface area is 241 Å². The third kappa shape index (κ3) is 9.10. The standard InChI is InChI=1S/C33H49N3O4/c1-11-33(9,10)36(30(38)26(20-22(2)3)35-31(39)40-32(6,7)8)28(27-23(4)16-15-17-24(27)5)29(37)34-21-25-18-13-12-14-19-25/h12-19,22,26,28H,11,20-21H2,1-10H3,(H,34,37)(H,35,39). The highest BCUT2D eigenvalue weighted by molar-refractivity contribution is 5.93. The van der Waals surface area contributed by atoms with Crippen LogP contribution in [-0.4, -0.2) is 40.0 Å². The van der Waals surface area contributed by atoms with E-state index in [4.69, 9.17) is 4.74 Å². The maximum absolute atomic E-state index is 14.6. The second kappa shape index (κ2) is 13.8. The molecular weight excluding hydrogens is 502 g/mol. The molecule has 7 nitrogen and oxygen atoms in total. The van der Waals surface area contributed by atoms with Gasteiger partial charge in [-0.1, -0.05) is 69.3 Å². The van der Waals surface area contributed by atoms with Crippen molar-refractivity contribution in [2.75, 3.05) is 0 Å². The van der Waals surface area contributed by atoms with Crippen molar-refractivity contribution < 1.29 is 19.1 Å². The molecule has 2 unspecified atom stereocenters. The van der Waals surface area contributed by atoms with Crippen LogP contribution >= 0.6 is 0 Å². The maximum Gasteiger partial charge on any atom is 0.408 e. The minimum absolute atomic E-state index is 0.112. The summed E-state index contributed by atoms with van der Waals surface area (Å²) in [5, 5.41) is 5.92. The SMILES string of the molecule is CCC(C)(C)N(C(=O)C(CC(C)C)NC(=O)OC(C)(C)C)C(C(=O)NCc1ccccc1)c1c(C)cccc1C. The first-order valence-corrected chi connectivity index (χ1v) is 14.3. The molecule has 2 N–H and O–H groups in total. The van der Waals surface area contributed by atoms with Gasteiger partial charge in [-0.05, 0) is 89.5 Å². The Morgan fingerprint density at radius 3 is 1.98 bits per heavy atom. The number of amides is 3. The summed E-state index contributed by atoms with van der Waals surface area (Å²) in [5.74, 6) is -0.466. The molecule has 0 saturated carbocycles. The lowest BCUT2D eigenvalue weighted by atomic mass is 9.87. The Hall–Kier alpha value is -3.35. The predicted octanol–water partition coefficient (Wildman–Crippen LogP) is 6.62. The molecule has 2 atom stereocenters. The van der Waals surface area contributed by atoms with Crippen LogP contribution in [0.15, 0.2) is 48.5 Å². The lowest BCUT2D eigenvalue weighted by Crippen LogP contribution is -2.59. The molecule has 0 bridgehead atoms. The van der Waals surface area contributed by atoms with Crippen molar-refractivity contribution in [1.29, 1.82) is 0 Å². The largest absolute Gasteiger partial charge is 0.444 e. The summed E-state index contributed by atoms with van der Waals surface area (Å²) in [6, 6.07) is 13.8. The van der Waals surface area contributed by atoms with Crippen LogP contribution in [0.3, 0.4) is 0 Å². The van der Waals surface area contributed by atoms with Crippen molar-refractivity contribution in [3.8, 4) is 0 Å². The van der Waals surface area contributed by atoms with Gasteiger partial charge in [-0.3, -0.25) is 9.59 Å². The molecule has 0 radical (unpaired) electrons. The fourth-order valence-electron chi connectivity index (χ4n) is 4.77. The van der Waals surface area contributed by atoms with Gasteiger partial charge in [0.1, 0.15) is 17.7 Å². The molecule has 0 aliphatic heterocycles. The van der Waals surface area contributed by atoms with Gasteiger partial charge in [0.05, 0.1) is 0 Å². The Kier molecular flexibility index (Phi) is 11.4. The van der Waals surface area contributed by atoms with E-state index in [0.717, 1.165) is 22.3 Å². The number of nitrogens with one attached hydrogen (secondary N) is 2. The Morgan fingerprint density at radius 2 is 1.48 bits per heavy atom. The van der Waals surface area contributed by atoms with E-state index < -0.39 is 29.3 Å². The molecule has 7 heteroatoms. The molecule has 3 amide bonds. The van der Waals surface area contributed by atoms with Gasteiger partial charge in [0, 0.05) is 12.1 Å². The normalized spacial score (nSPS) is 13.4. The second-order valence-electron chi connectivity index (χ2n) is 12.6. The molecule has 0 aromatic heterocycles. The minimum Gasteiger partial charge on any atom is -0.444 e. The lowest BCUT2D eigenvalue weighted by molar-refractivity contribution is -0.149. The molecule has 0 aliphatic rings. The van der Waals surface area contributed by atoms with Crippen LogP contribution in [0.1, 0.15) is 96.5 Å². The lowest BCUT2D eigenvalue weighted by Gasteiger charge is -2.45. The van der Waals surface area contributed by atoms with Crippen molar-refractivity contribution >= 4 is 17.9 Å². The fraction of sp³-hybridized carbons (Fsp3) is 0.545. The molecule has 0 saturated heterocycles. The summed E-state index contributed by atoms with van der Waals surface area (Å²) in [6.07, 6.45) is 0.352. The summed E-state index contributed by atoms with van der Waals surface area (Å²) < 4.78 is 5.51. The number of nitrogens with zero attached hydrogens (tertiary/aromatic N) is 1. The second-order valence-corrected chi connectivity index (χ2v) is 12.6.